The predicted molar refractivity (Wildman–Crippen MR) is 92.1 cm³/mol. The van der Waals surface area contributed by atoms with Gasteiger partial charge in [0.15, 0.2) is 0 Å². The number of aromatic nitrogens is 5. The minimum atomic E-state index is 0.0944. The number of piperidine rings is 1. The van der Waals surface area contributed by atoms with E-state index in [0.717, 1.165) is 25.1 Å². The molecular weight excluding hydrogens is 316 g/mol. The van der Waals surface area contributed by atoms with Gasteiger partial charge in [0.25, 0.3) is 0 Å². The molecule has 3 aromatic rings. The first-order valence-electron chi connectivity index (χ1n) is 8.53. The fourth-order valence-corrected chi connectivity index (χ4v) is 3.22. The van der Waals surface area contributed by atoms with Crippen molar-refractivity contribution in [3.8, 4) is 5.69 Å². The van der Waals surface area contributed by atoms with E-state index in [9.17, 15) is 4.79 Å². The summed E-state index contributed by atoms with van der Waals surface area (Å²) in [7, 11) is 0. The summed E-state index contributed by atoms with van der Waals surface area (Å²) in [6, 6.07) is 11.9. The van der Waals surface area contributed by atoms with Crippen LogP contribution in [0.2, 0.25) is 0 Å². The van der Waals surface area contributed by atoms with E-state index in [1.165, 1.54) is 0 Å². The maximum Gasteiger partial charge on any atom is 0.228 e. The molecule has 7 nitrogen and oxygen atoms in total. The third-order valence-corrected chi connectivity index (χ3v) is 4.51. The monoisotopic (exact) mass is 336 g/mol. The Balaban J connectivity index is 1.41. The lowest BCUT2D eigenvalue weighted by atomic mass is 10.1. The van der Waals surface area contributed by atoms with Gasteiger partial charge in [-0.3, -0.25) is 9.48 Å². The fraction of sp³-hybridized carbons (Fsp3) is 0.333. The molecule has 1 aromatic carbocycles. The number of hydrogen-bond donors (Lipinski definition) is 0. The van der Waals surface area contributed by atoms with Crippen LogP contribution in [0.4, 0.5) is 0 Å². The van der Waals surface area contributed by atoms with Gasteiger partial charge in [0, 0.05) is 25.5 Å². The molecule has 1 atom stereocenters. The molecule has 4 rings (SSSR count). The largest absolute Gasteiger partial charge is 0.340 e. The van der Waals surface area contributed by atoms with Crippen molar-refractivity contribution in [2.45, 2.75) is 25.3 Å². The van der Waals surface area contributed by atoms with Crippen molar-refractivity contribution in [3.63, 3.8) is 0 Å². The van der Waals surface area contributed by atoms with Gasteiger partial charge in [0.05, 0.1) is 30.0 Å². The highest BCUT2D eigenvalue weighted by molar-refractivity contribution is 5.78. The Labute approximate surface area is 145 Å². The second-order valence-electron chi connectivity index (χ2n) is 6.26. The maximum absolute atomic E-state index is 12.6. The lowest BCUT2D eigenvalue weighted by Gasteiger charge is -2.32. The average molecular weight is 336 g/mol. The minimum Gasteiger partial charge on any atom is -0.340 e. The Morgan fingerprint density at radius 2 is 2.04 bits per heavy atom. The van der Waals surface area contributed by atoms with Gasteiger partial charge < -0.3 is 4.90 Å². The highest BCUT2D eigenvalue weighted by Crippen LogP contribution is 2.21. The Bertz CT molecular complexity index is 826. The van der Waals surface area contributed by atoms with Crippen LogP contribution in [0.15, 0.2) is 55.0 Å². The predicted octanol–water partition coefficient (Wildman–Crippen LogP) is 1.87. The van der Waals surface area contributed by atoms with Crippen molar-refractivity contribution < 1.29 is 4.79 Å². The Hall–Kier alpha value is -2.96. The average Bonchev–Trinajstić information content (AvgIpc) is 3.35. The van der Waals surface area contributed by atoms with Crippen molar-refractivity contribution in [2.75, 3.05) is 13.1 Å². The van der Waals surface area contributed by atoms with Gasteiger partial charge in [-0.2, -0.15) is 20.1 Å². The summed E-state index contributed by atoms with van der Waals surface area (Å²) in [5, 5.41) is 13.0. The molecule has 0 bridgehead atoms. The highest BCUT2D eigenvalue weighted by Gasteiger charge is 2.25. The molecular formula is C18H20N6O. The van der Waals surface area contributed by atoms with Crippen molar-refractivity contribution in [3.05, 3.63) is 60.7 Å². The van der Waals surface area contributed by atoms with Gasteiger partial charge in [0.2, 0.25) is 5.91 Å². The van der Waals surface area contributed by atoms with Crippen molar-refractivity contribution in [1.29, 1.82) is 0 Å². The molecule has 0 spiro atoms. The molecule has 1 aliphatic heterocycles. The molecule has 0 radical (unpaired) electrons. The first-order chi connectivity index (χ1) is 12.3. The topological polar surface area (TPSA) is 68.8 Å². The van der Waals surface area contributed by atoms with E-state index in [1.807, 2.05) is 52.2 Å². The van der Waals surface area contributed by atoms with Crippen LogP contribution in [0.25, 0.3) is 5.69 Å². The number of para-hydroxylation sites is 1. The normalized spacial score (nSPS) is 17.6. The van der Waals surface area contributed by atoms with Gasteiger partial charge in [-0.25, -0.2) is 0 Å². The summed E-state index contributed by atoms with van der Waals surface area (Å²) in [6.45, 7) is 1.50. The molecule has 7 heteroatoms. The van der Waals surface area contributed by atoms with Gasteiger partial charge in [-0.15, -0.1) is 0 Å². The van der Waals surface area contributed by atoms with E-state index in [2.05, 4.69) is 15.3 Å². The summed E-state index contributed by atoms with van der Waals surface area (Å²) < 4.78 is 1.95. The molecule has 0 aliphatic carbocycles. The van der Waals surface area contributed by atoms with Crippen LogP contribution in [-0.2, 0) is 11.2 Å². The van der Waals surface area contributed by atoms with Crippen LogP contribution in [0.5, 0.6) is 0 Å². The number of carbonyl (C=O) groups excluding carboxylic acids is 1. The molecule has 1 aliphatic rings. The minimum absolute atomic E-state index is 0.0944. The third kappa shape index (κ3) is 3.45. The molecule has 1 amide bonds. The third-order valence-electron chi connectivity index (χ3n) is 4.51. The van der Waals surface area contributed by atoms with E-state index in [4.69, 9.17) is 0 Å². The molecule has 3 heterocycles. The van der Waals surface area contributed by atoms with Crippen LogP contribution >= 0.6 is 0 Å². The number of benzene rings is 1. The number of likely N-dealkylation sites (tertiary alicyclic amines) is 1. The van der Waals surface area contributed by atoms with Crippen LogP contribution in [0.3, 0.4) is 0 Å². The van der Waals surface area contributed by atoms with E-state index in [1.54, 1.807) is 17.2 Å². The van der Waals surface area contributed by atoms with Gasteiger partial charge in [0.1, 0.15) is 0 Å². The summed E-state index contributed by atoms with van der Waals surface area (Å²) in [6.07, 6.45) is 7.73. The summed E-state index contributed by atoms with van der Waals surface area (Å²) >= 11 is 0. The van der Waals surface area contributed by atoms with Crippen molar-refractivity contribution in [2.24, 2.45) is 0 Å². The number of hydrogen-bond acceptors (Lipinski definition) is 4. The standard InChI is InChI=1S/C18H20N6O/c25-18(22-10-4-8-17(14-22)23-11-5-9-19-23)12-15-13-20-24(21-15)16-6-2-1-3-7-16/h1-3,5-7,9,11,13,17H,4,8,10,12,14H2/t17-/m1/s1. The molecule has 0 N–H and O–H groups in total. The lowest BCUT2D eigenvalue weighted by molar-refractivity contribution is -0.132. The molecule has 0 unspecified atom stereocenters. The maximum atomic E-state index is 12.6. The molecule has 1 fully saturated rings. The van der Waals surface area contributed by atoms with E-state index < -0.39 is 0 Å². The Morgan fingerprint density at radius 3 is 2.84 bits per heavy atom. The van der Waals surface area contributed by atoms with Crippen LogP contribution < -0.4 is 0 Å². The molecule has 0 saturated carbocycles. The molecule has 2 aromatic heterocycles. The first kappa shape index (κ1) is 15.6. The zero-order valence-corrected chi connectivity index (χ0v) is 13.9. The molecule has 128 valence electrons. The Morgan fingerprint density at radius 1 is 1.16 bits per heavy atom. The number of nitrogens with zero attached hydrogens (tertiary/aromatic N) is 6. The lowest BCUT2D eigenvalue weighted by Crippen LogP contribution is -2.41. The summed E-state index contributed by atoms with van der Waals surface area (Å²) in [5.74, 6) is 0.0944. The van der Waals surface area contributed by atoms with Crippen LogP contribution in [0.1, 0.15) is 24.6 Å². The first-order valence-corrected chi connectivity index (χ1v) is 8.53. The quantitative estimate of drug-likeness (QED) is 0.729. The van der Waals surface area contributed by atoms with Crippen LogP contribution in [-0.4, -0.2) is 48.7 Å². The summed E-state index contributed by atoms with van der Waals surface area (Å²) in [5.41, 5.74) is 1.58. The second-order valence-corrected chi connectivity index (χ2v) is 6.26. The second kappa shape index (κ2) is 6.88. The van der Waals surface area contributed by atoms with Crippen molar-refractivity contribution >= 4 is 5.91 Å². The number of amides is 1. The van der Waals surface area contributed by atoms with Gasteiger partial charge >= 0.3 is 0 Å². The molecule has 1 saturated heterocycles. The van der Waals surface area contributed by atoms with Gasteiger partial charge in [-0.1, -0.05) is 18.2 Å². The fourth-order valence-electron chi connectivity index (χ4n) is 3.22. The van der Waals surface area contributed by atoms with Crippen molar-refractivity contribution in [1.82, 2.24) is 29.7 Å². The zero-order chi connectivity index (χ0) is 17.1. The number of rotatable bonds is 4. The smallest absolute Gasteiger partial charge is 0.228 e. The van der Waals surface area contributed by atoms with Gasteiger partial charge in [-0.05, 0) is 31.0 Å². The van der Waals surface area contributed by atoms with E-state index in [-0.39, 0.29) is 18.4 Å². The SMILES string of the molecule is O=C(Cc1cnn(-c2ccccc2)n1)N1CCC[C@@H](n2cccn2)C1. The zero-order valence-electron chi connectivity index (χ0n) is 13.9. The highest BCUT2D eigenvalue weighted by atomic mass is 16.2. The Kier molecular flexibility index (Phi) is 4.28. The number of carbonyl (C=O) groups is 1. The molecule has 25 heavy (non-hydrogen) atoms. The van der Waals surface area contributed by atoms with E-state index in [0.29, 0.717) is 12.2 Å². The summed E-state index contributed by atoms with van der Waals surface area (Å²) in [4.78, 5) is 16.1. The van der Waals surface area contributed by atoms with Crippen LogP contribution in [0, 0.1) is 0 Å². The van der Waals surface area contributed by atoms with E-state index >= 15 is 0 Å².